The molecular weight excluding hydrogens is 352 g/mol. The fourth-order valence-corrected chi connectivity index (χ4v) is 3.69. The lowest BCUT2D eigenvalue weighted by atomic mass is 10.1. The molecule has 1 amide bonds. The summed E-state index contributed by atoms with van der Waals surface area (Å²) in [7, 11) is 0. The van der Waals surface area contributed by atoms with E-state index in [1.165, 1.54) is 19.8 Å². The summed E-state index contributed by atoms with van der Waals surface area (Å²) in [5.74, 6) is 0.725. The van der Waals surface area contributed by atoms with Gasteiger partial charge in [0, 0.05) is 22.9 Å². The Hall–Kier alpha value is -2.99. The van der Waals surface area contributed by atoms with Crippen LogP contribution in [0.4, 0.5) is 5.69 Å². The Kier molecular flexibility index (Phi) is 4.96. The SMILES string of the molecule is CC(=O)c1ccc(C(=O)Nc2ccc3nc(CN4CCC[C@@H]4C)[nH]c3c2)cc1. The Morgan fingerprint density at radius 2 is 1.93 bits per heavy atom. The first-order valence-corrected chi connectivity index (χ1v) is 9.64. The number of hydrogen-bond donors (Lipinski definition) is 2. The van der Waals surface area contributed by atoms with Crippen LogP contribution in [0.3, 0.4) is 0 Å². The van der Waals surface area contributed by atoms with E-state index in [0.29, 0.717) is 22.9 Å². The van der Waals surface area contributed by atoms with Crippen molar-refractivity contribution in [3.63, 3.8) is 0 Å². The van der Waals surface area contributed by atoms with E-state index in [2.05, 4.69) is 27.1 Å². The highest BCUT2D eigenvalue weighted by molar-refractivity contribution is 6.05. The van der Waals surface area contributed by atoms with Crippen molar-refractivity contribution in [1.82, 2.24) is 14.9 Å². The normalized spacial score (nSPS) is 17.1. The van der Waals surface area contributed by atoms with Crippen LogP contribution in [0.5, 0.6) is 0 Å². The van der Waals surface area contributed by atoms with Gasteiger partial charge in [0.1, 0.15) is 5.82 Å². The number of aromatic amines is 1. The van der Waals surface area contributed by atoms with E-state index in [0.717, 1.165) is 29.9 Å². The van der Waals surface area contributed by atoms with Crippen LogP contribution in [-0.2, 0) is 6.54 Å². The monoisotopic (exact) mass is 376 g/mol. The molecule has 1 aromatic heterocycles. The summed E-state index contributed by atoms with van der Waals surface area (Å²) in [6.07, 6.45) is 2.48. The Labute approximate surface area is 164 Å². The van der Waals surface area contributed by atoms with Crippen LogP contribution in [0, 0.1) is 0 Å². The Balaban J connectivity index is 1.48. The van der Waals surface area contributed by atoms with Gasteiger partial charge in [0.15, 0.2) is 5.78 Å². The number of anilines is 1. The molecule has 0 bridgehead atoms. The van der Waals surface area contributed by atoms with Gasteiger partial charge in [-0.1, -0.05) is 12.1 Å². The van der Waals surface area contributed by atoms with E-state index in [-0.39, 0.29) is 11.7 Å². The van der Waals surface area contributed by atoms with E-state index in [1.54, 1.807) is 24.3 Å². The highest BCUT2D eigenvalue weighted by Gasteiger charge is 2.21. The number of amides is 1. The standard InChI is InChI=1S/C22H24N4O2/c1-14-4-3-11-26(14)13-21-24-19-10-9-18(12-20(19)25-21)23-22(28)17-7-5-16(6-8-17)15(2)27/h5-10,12,14H,3-4,11,13H2,1-2H3,(H,23,28)(H,24,25)/t14-/m0/s1. The van der Waals surface area contributed by atoms with Crippen LogP contribution >= 0.6 is 0 Å². The number of carbonyl (C=O) groups is 2. The van der Waals surface area contributed by atoms with Gasteiger partial charge in [-0.05, 0) is 63.6 Å². The predicted molar refractivity (Wildman–Crippen MR) is 110 cm³/mol. The summed E-state index contributed by atoms with van der Waals surface area (Å²) in [6, 6.07) is 12.9. The lowest BCUT2D eigenvalue weighted by Crippen LogP contribution is -2.26. The van der Waals surface area contributed by atoms with E-state index >= 15 is 0 Å². The molecule has 1 aliphatic rings. The molecule has 28 heavy (non-hydrogen) atoms. The first-order valence-electron chi connectivity index (χ1n) is 9.64. The number of carbonyl (C=O) groups excluding carboxylic acids is 2. The molecule has 1 saturated heterocycles. The van der Waals surface area contributed by atoms with Gasteiger partial charge in [0.2, 0.25) is 0 Å². The molecule has 2 N–H and O–H groups in total. The number of H-pyrrole nitrogens is 1. The van der Waals surface area contributed by atoms with Crippen LogP contribution in [0.15, 0.2) is 42.5 Å². The second-order valence-corrected chi connectivity index (χ2v) is 7.46. The average molecular weight is 376 g/mol. The van der Waals surface area contributed by atoms with Crippen molar-refractivity contribution in [3.05, 3.63) is 59.4 Å². The summed E-state index contributed by atoms with van der Waals surface area (Å²) >= 11 is 0. The Morgan fingerprint density at radius 1 is 1.18 bits per heavy atom. The van der Waals surface area contributed by atoms with Crippen molar-refractivity contribution >= 4 is 28.4 Å². The van der Waals surface area contributed by atoms with Gasteiger partial charge < -0.3 is 10.3 Å². The van der Waals surface area contributed by atoms with Gasteiger partial charge in [-0.25, -0.2) is 4.98 Å². The minimum atomic E-state index is -0.208. The highest BCUT2D eigenvalue weighted by Crippen LogP contribution is 2.22. The summed E-state index contributed by atoms with van der Waals surface area (Å²) in [6.45, 7) is 5.70. The van der Waals surface area contributed by atoms with Gasteiger partial charge >= 0.3 is 0 Å². The van der Waals surface area contributed by atoms with Crippen molar-refractivity contribution in [1.29, 1.82) is 0 Å². The second kappa shape index (κ2) is 7.56. The third kappa shape index (κ3) is 3.82. The number of likely N-dealkylation sites (tertiary alicyclic amines) is 1. The summed E-state index contributed by atoms with van der Waals surface area (Å²) < 4.78 is 0. The van der Waals surface area contributed by atoms with Crippen molar-refractivity contribution in [2.24, 2.45) is 0 Å². The number of fused-ring (bicyclic) bond motifs is 1. The fraction of sp³-hybridized carbons (Fsp3) is 0.318. The van der Waals surface area contributed by atoms with Gasteiger partial charge in [-0.3, -0.25) is 14.5 Å². The minimum absolute atomic E-state index is 0.0178. The van der Waals surface area contributed by atoms with Crippen molar-refractivity contribution in [3.8, 4) is 0 Å². The quantitative estimate of drug-likeness (QED) is 0.660. The van der Waals surface area contributed by atoms with E-state index in [4.69, 9.17) is 0 Å². The van der Waals surface area contributed by atoms with Gasteiger partial charge in [-0.2, -0.15) is 0 Å². The number of imidazole rings is 1. The van der Waals surface area contributed by atoms with Gasteiger partial charge in [0.25, 0.3) is 5.91 Å². The molecule has 4 rings (SSSR count). The first kappa shape index (κ1) is 18.4. The lowest BCUT2D eigenvalue weighted by Gasteiger charge is -2.19. The van der Waals surface area contributed by atoms with Crippen molar-refractivity contribution in [2.75, 3.05) is 11.9 Å². The van der Waals surface area contributed by atoms with Crippen LogP contribution in [0.2, 0.25) is 0 Å². The summed E-state index contributed by atoms with van der Waals surface area (Å²) in [5.41, 5.74) is 3.61. The van der Waals surface area contributed by atoms with E-state index < -0.39 is 0 Å². The minimum Gasteiger partial charge on any atom is -0.341 e. The molecule has 2 heterocycles. The molecule has 0 unspecified atom stereocenters. The molecule has 1 atom stereocenters. The zero-order valence-electron chi connectivity index (χ0n) is 16.2. The molecule has 2 aromatic carbocycles. The first-order chi connectivity index (χ1) is 13.5. The summed E-state index contributed by atoms with van der Waals surface area (Å²) in [5, 5.41) is 2.91. The number of aromatic nitrogens is 2. The van der Waals surface area contributed by atoms with Crippen LogP contribution in [-0.4, -0.2) is 39.1 Å². The van der Waals surface area contributed by atoms with E-state index in [1.807, 2.05) is 18.2 Å². The molecule has 0 aliphatic carbocycles. The number of ketones is 1. The number of benzene rings is 2. The third-order valence-electron chi connectivity index (χ3n) is 5.39. The summed E-state index contributed by atoms with van der Waals surface area (Å²) in [4.78, 5) is 34.3. The molecule has 1 aliphatic heterocycles. The van der Waals surface area contributed by atoms with Crippen LogP contribution in [0.25, 0.3) is 11.0 Å². The molecule has 144 valence electrons. The Morgan fingerprint density at radius 3 is 2.61 bits per heavy atom. The van der Waals surface area contributed by atoms with Gasteiger partial charge in [-0.15, -0.1) is 0 Å². The maximum atomic E-state index is 12.5. The van der Waals surface area contributed by atoms with Crippen molar-refractivity contribution < 1.29 is 9.59 Å². The second-order valence-electron chi connectivity index (χ2n) is 7.46. The molecule has 6 heteroatoms. The zero-order valence-corrected chi connectivity index (χ0v) is 16.2. The molecule has 0 radical (unpaired) electrons. The number of rotatable bonds is 5. The average Bonchev–Trinajstić information content (AvgIpc) is 3.27. The molecule has 0 spiro atoms. The number of nitrogens with zero attached hydrogens (tertiary/aromatic N) is 2. The number of hydrogen-bond acceptors (Lipinski definition) is 4. The Bertz CT molecular complexity index is 1020. The third-order valence-corrected chi connectivity index (χ3v) is 5.39. The van der Waals surface area contributed by atoms with Crippen LogP contribution < -0.4 is 5.32 Å². The smallest absolute Gasteiger partial charge is 0.255 e. The molecule has 1 fully saturated rings. The van der Waals surface area contributed by atoms with Crippen LogP contribution in [0.1, 0.15) is 53.2 Å². The maximum Gasteiger partial charge on any atom is 0.255 e. The number of Topliss-reactive ketones (excluding diaryl/α,β-unsaturated/α-hetero) is 1. The largest absolute Gasteiger partial charge is 0.341 e. The number of nitrogens with one attached hydrogen (secondary N) is 2. The highest BCUT2D eigenvalue weighted by atomic mass is 16.1. The van der Waals surface area contributed by atoms with Crippen molar-refractivity contribution in [2.45, 2.75) is 39.3 Å². The molecule has 6 nitrogen and oxygen atoms in total. The molecular formula is C22H24N4O2. The van der Waals surface area contributed by atoms with Gasteiger partial charge in [0.05, 0.1) is 17.6 Å². The zero-order chi connectivity index (χ0) is 19.7. The molecule has 3 aromatic rings. The lowest BCUT2D eigenvalue weighted by molar-refractivity contribution is 0.101. The fourth-order valence-electron chi connectivity index (χ4n) is 3.69. The molecule has 0 saturated carbocycles. The topological polar surface area (TPSA) is 78.1 Å². The predicted octanol–water partition coefficient (Wildman–Crippen LogP) is 4.00. The maximum absolute atomic E-state index is 12.5. The van der Waals surface area contributed by atoms with E-state index in [9.17, 15) is 9.59 Å².